The molecule has 0 saturated heterocycles. The molecule has 0 spiro atoms. The number of halogens is 2. The number of hydrogen-bond donors (Lipinski definition) is 0. The van der Waals surface area contributed by atoms with Crippen molar-refractivity contribution in [3.8, 4) is 6.07 Å². The van der Waals surface area contributed by atoms with E-state index in [1.165, 1.54) is 41.1 Å². The molecule has 0 unspecified atom stereocenters. The Bertz CT molecular complexity index is 1640. The summed E-state index contributed by atoms with van der Waals surface area (Å²) in [4.78, 5) is 24.3. The molecule has 0 atom stereocenters. The van der Waals surface area contributed by atoms with Crippen molar-refractivity contribution >= 4 is 47.7 Å². The smallest absolute Gasteiger partial charge is 0.275 e. The van der Waals surface area contributed by atoms with Gasteiger partial charge < -0.3 is 9.64 Å². The van der Waals surface area contributed by atoms with Crippen LogP contribution in [-0.2, 0) is 30.4 Å². The number of ether oxygens (including phenoxy) is 1. The maximum Gasteiger partial charge on any atom is 0.275 e. The second kappa shape index (κ2) is 13.4. The SMILES string of the molecule is CC.CC.[B]c1nc2cc(CN(C(=O)c3ccc(C#N)nc3)c3cccc4c3SCCC4(F)F)ccc2c2c1COC2. The molecule has 0 saturated carbocycles. The molecule has 6 rings (SSSR count). The van der Waals surface area contributed by atoms with Crippen LogP contribution in [0.25, 0.3) is 10.9 Å². The summed E-state index contributed by atoms with van der Waals surface area (Å²) in [6, 6.07) is 15.3. The lowest BCUT2D eigenvalue weighted by atomic mass is 9.92. The normalized spacial score (nSPS) is 14.3. The highest BCUT2D eigenvalue weighted by Gasteiger charge is 2.39. The molecule has 2 radical (unpaired) electrons. The van der Waals surface area contributed by atoms with Crippen LogP contribution in [0.1, 0.15) is 72.4 Å². The number of amides is 1. The fraction of sp³-hybridized carbons (Fsp3) is 0.312. The quantitative estimate of drug-likeness (QED) is 0.245. The van der Waals surface area contributed by atoms with Crippen molar-refractivity contribution in [3.05, 3.63) is 88.2 Å². The number of alkyl halides is 2. The van der Waals surface area contributed by atoms with Gasteiger partial charge in [0.15, 0.2) is 0 Å². The van der Waals surface area contributed by atoms with Crippen molar-refractivity contribution in [2.24, 2.45) is 0 Å². The number of aromatic nitrogens is 2. The number of benzene rings is 2. The van der Waals surface area contributed by atoms with Crippen LogP contribution in [0.4, 0.5) is 14.5 Å². The highest BCUT2D eigenvalue weighted by Crippen LogP contribution is 2.48. The average molecular weight is 585 g/mol. The Morgan fingerprint density at radius 3 is 2.60 bits per heavy atom. The van der Waals surface area contributed by atoms with Gasteiger partial charge in [0.1, 0.15) is 19.6 Å². The minimum atomic E-state index is -2.98. The zero-order valence-corrected chi connectivity index (χ0v) is 24.9. The van der Waals surface area contributed by atoms with E-state index in [-0.39, 0.29) is 35.5 Å². The molecule has 42 heavy (non-hydrogen) atoms. The number of rotatable bonds is 4. The zero-order valence-electron chi connectivity index (χ0n) is 24.1. The lowest BCUT2D eigenvalue weighted by molar-refractivity contribution is -0.0115. The monoisotopic (exact) mass is 584 g/mol. The highest BCUT2D eigenvalue weighted by molar-refractivity contribution is 7.99. The van der Waals surface area contributed by atoms with E-state index >= 15 is 0 Å². The van der Waals surface area contributed by atoms with E-state index in [4.69, 9.17) is 17.8 Å². The predicted molar refractivity (Wildman–Crippen MR) is 163 cm³/mol. The van der Waals surface area contributed by atoms with Gasteiger partial charge in [-0.3, -0.25) is 9.78 Å². The minimum Gasteiger partial charge on any atom is -0.372 e. The Balaban J connectivity index is 0.000000972. The Morgan fingerprint density at radius 2 is 1.88 bits per heavy atom. The molecule has 214 valence electrons. The molecular formula is C32H31BF2N4O2S. The first-order valence-corrected chi connectivity index (χ1v) is 14.9. The minimum absolute atomic E-state index is 0.0782. The van der Waals surface area contributed by atoms with E-state index in [1.807, 2.05) is 52.0 Å². The highest BCUT2D eigenvalue weighted by atomic mass is 32.2. The molecule has 6 nitrogen and oxygen atoms in total. The van der Waals surface area contributed by atoms with Crippen molar-refractivity contribution in [2.45, 2.75) is 64.7 Å². The lowest BCUT2D eigenvalue weighted by Crippen LogP contribution is -2.32. The van der Waals surface area contributed by atoms with Crippen LogP contribution >= 0.6 is 11.8 Å². The molecule has 0 aliphatic carbocycles. The van der Waals surface area contributed by atoms with E-state index in [9.17, 15) is 13.6 Å². The summed E-state index contributed by atoms with van der Waals surface area (Å²) in [6.07, 6.45) is 1.07. The van der Waals surface area contributed by atoms with Gasteiger partial charge in [0.25, 0.3) is 11.8 Å². The standard InChI is InChI=1S/C28H19BF2N4O2S.2C2H6/c29-26-21-15-37-14-20(21)19-7-4-16(10-23(19)34-26)13-35(27(36)17-5-6-18(11-32)33-12-17)24-3-1-2-22-25(24)38-9-8-28(22,30)31;2*1-2/h1-7,10,12H,8-9,13-15H2;2*1-2H3. The van der Waals surface area contributed by atoms with Crippen LogP contribution in [0.5, 0.6) is 0 Å². The number of carbonyl (C=O) groups is 1. The van der Waals surface area contributed by atoms with Gasteiger partial charge >= 0.3 is 0 Å². The van der Waals surface area contributed by atoms with Crippen LogP contribution in [0.3, 0.4) is 0 Å². The van der Waals surface area contributed by atoms with Crippen molar-refractivity contribution in [3.63, 3.8) is 0 Å². The third-order valence-electron chi connectivity index (χ3n) is 6.85. The maximum atomic E-state index is 14.8. The van der Waals surface area contributed by atoms with Crippen molar-refractivity contribution in [1.29, 1.82) is 5.26 Å². The number of anilines is 1. The van der Waals surface area contributed by atoms with Crippen molar-refractivity contribution < 1.29 is 18.3 Å². The molecule has 0 bridgehead atoms. The van der Waals surface area contributed by atoms with Crippen molar-refractivity contribution in [2.75, 3.05) is 10.7 Å². The molecule has 0 fully saturated rings. The number of pyridine rings is 2. The van der Waals surface area contributed by atoms with Gasteiger partial charge in [-0.2, -0.15) is 5.26 Å². The number of fused-ring (bicyclic) bond motifs is 4. The van der Waals surface area contributed by atoms with Crippen LogP contribution in [0.2, 0.25) is 0 Å². The van der Waals surface area contributed by atoms with Crippen molar-refractivity contribution in [1.82, 2.24) is 9.97 Å². The van der Waals surface area contributed by atoms with Crippen LogP contribution in [0, 0.1) is 11.3 Å². The topological polar surface area (TPSA) is 79.1 Å². The Labute approximate surface area is 250 Å². The molecule has 2 aromatic carbocycles. The first-order chi connectivity index (χ1) is 20.4. The van der Waals surface area contributed by atoms with E-state index in [0.29, 0.717) is 34.9 Å². The number of hydrogen-bond acceptors (Lipinski definition) is 6. The molecule has 10 heteroatoms. The third kappa shape index (κ3) is 6.03. The van der Waals surface area contributed by atoms with E-state index in [2.05, 4.69) is 9.97 Å². The molecule has 4 aromatic rings. The Morgan fingerprint density at radius 1 is 1.12 bits per heavy atom. The second-order valence-corrected chi connectivity index (χ2v) is 10.3. The van der Waals surface area contributed by atoms with Gasteiger partial charge in [0.05, 0.1) is 36.5 Å². The molecule has 4 heterocycles. The Hall–Kier alpha value is -3.81. The summed E-state index contributed by atoms with van der Waals surface area (Å²) in [5.74, 6) is -3.15. The van der Waals surface area contributed by atoms with E-state index in [0.717, 1.165) is 22.1 Å². The van der Waals surface area contributed by atoms with Gasteiger partial charge in [0.2, 0.25) is 0 Å². The summed E-state index contributed by atoms with van der Waals surface area (Å²) in [5.41, 5.74) is 4.48. The van der Waals surface area contributed by atoms with Crippen LogP contribution in [0.15, 0.2) is 59.6 Å². The molecular weight excluding hydrogens is 553 g/mol. The number of carbonyl (C=O) groups excluding carboxylic acids is 1. The zero-order chi connectivity index (χ0) is 30.4. The molecule has 2 aliphatic rings. The van der Waals surface area contributed by atoms with Gasteiger partial charge in [-0.25, -0.2) is 13.8 Å². The molecule has 1 amide bonds. The largest absolute Gasteiger partial charge is 0.372 e. The number of nitriles is 1. The fourth-order valence-corrected chi connectivity index (χ4v) is 6.16. The van der Waals surface area contributed by atoms with Crippen LogP contribution in [-0.4, -0.2) is 29.5 Å². The maximum absolute atomic E-state index is 14.8. The number of nitrogens with zero attached hydrogens (tertiary/aromatic N) is 4. The Kier molecular flexibility index (Phi) is 9.97. The predicted octanol–water partition coefficient (Wildman–Crippen LogP) is 6.81. The third-order valence-corrected chi connectivity index (χ3v) is 7.97. The van der Waals surface area contributed by atoms with E-state index in [1.54, 1.807) is 12.1 Å². The summed E-state index contributed by atoms with van der Waals surface area (Å²) in [5, 5.41) is 10.0. The summed E-state index contributed by atoms with van der Waals surface area (Å²) in [6.45, 7) is 8.98. The van der Waals surface area contributed by atoms with Gasteiger partial charge in [0, 0.05) is 34.2 Å². The first-order valence-electron chi connectivity index (χ1n) is 14.0. The van der Waals surface area contributed by atoms with Gasteiger partial charge in [-0.05, 0) is 46.5 Å². The van der Waals surface area contributed by atoms with E-state index < -0.39 is 11.8 Å². The second-order valence-electron chi connectivity index (χ2n) is 9.19. The average Bonchev–Trinajstić information content (AvgIpc) is 3.53. The van der Waals surface area contributed by atoms with Gasteiger partial charge in [-0.1, -0.05) is 52.0 Å². The number of thioether (sulfide) groups is 1. The first kappa shape index (κ1) is 31.1. The van der Waals surface area contributed by atoms with Crippen LogP contribution < -0.4 is 10.5 Å². The van der Waals surface area contributed by atoms with Gasteiger partial charge in [-0.15, -0.1) is 11.8 Å². The fourth-order valence-electron chi connectivity index (χ4n) is 4.90. The summed E-state index contributed by atoms with van der Waals surface area (Å²) in [7, 11) is 6.17. The summed E-state index contributed by atoms with van der Waals surface area (Å²) >= 11 is 1.32. The molecule has 2 aromatic heterocycles. The lowest BCUT2D eigenvalue weighted by Gasteiger charge is -2.31. The molecule has 0 N–H and O–H groups in total. The summed E-state index contributed by atoms with van der Waals surface area (Å²) < 4.78 is 35.2. The molecule has 2 aliphatic heterocycles.